The molecule has 1 heterocycles. The molecule has 1 amide bonds. The van der Waals surface area contributed by atoms with E-state index in [2.05, 4.69) is 10.4 Å². The summed E-state index contributed by atoms with van der Waals surface area (Å²) in [6, 6.07) is 4.79. The number of carbonyl (C=O) groups excluding carboxylic acids is 1. The molecule has 9 heteroatoms. The van der Waals surface area contributed by atoms with Crippen molar-refractivity contribution >= 4 is 11.6 Å². The van der Waals surface area contributed by atoms with Gasteiger partial charge in [-0.2, -0.15) is 18.3 Å². The molecule has 0 bridgehead atoms. The largest absolute Gasteiger partial charge is 0.416 e. The monoisotopic (exact) mass is 340 g/mol. The molecule has 2 aromatic rings. The highest BCUT2D eigenvalue weighted by Crippen LogP contribution is 2.32. The van der Waals surface area contributed by atoms with E-state index in [9.17, 15) is 22.8 Å². The van der Waals surface area contributed by atoms with Gasteiger partial charge in [0.2, 0.25) is 0 Å². The molecule has 0 radical (unpaired) electrons. The average Bonchev–Trinajstić information content (AvgIpc) is 2.48. The van der Waals surface area contributed by atoms with E-state index in [-0.39, 0.29) is 22.5 Å². The van der Waals surface area contributed by atoms with Gasteiger partial charge in [-0.15, -0.1) is 0 Å². The minimum atomic E-state index is -4.53. The van der Waals surface area contributed by atoms with E-state index < -0.39 is 23.7 Å². The van der Waals surface area contributed by atoms with E-state index in [1.54, 1.807) is 0 Å². The summed E-state index contributed by atoms with van der Waals surface area (Å²) in [5.41, 5.74) is 4.37. The van der Waals surface area contributed by atoms with Crippen LogP contribution in [0.3, 0.4) is 0 Å². The molecule has 0 fully saturated rings. The van der Waals surface area contributed by atoms with Crippen molar-refractivity contribution in [2.24, 2.45) is 7.05 Å². The number of hydrogen-bond acceptors (Lipinski definition) is 4. The van der Waals surface area contributed by atoms with Crippen LogP contribution in [-0.2, 0) is 13.2 Å². The molecule has 0 aliphatic carbocycles. The summed E-state index contributed by atoms with van der Waals surface area (Å²) >= 11 is 0. The summed E-state index contributed by atoms with van der Waals surface area (Å²) < 4.78 is 39.5. The zero-order valence-corrected chi connectivity index (χ0v) is 12.9. The quantitative estimate of drug-likeness (QED) is 0.835. The predicted octanol–water partition coefficient (Wildman–Crippen LogP) is 1.87. The second kappa shape index (κ2) is 6.34. The SMILES string of the molecule is C[C@@H](NC(=O)c1ccc(=O)n(C)n1)c1cc(N)cc(C(F)(F)F)c1. The lowest BCUT2D eigenvalue weighted by Gasteiger charge is -2.17. The molecule has 0 spiro atoms. The van der Waals surface area contributed by atoms with Crippen LogP contribution in [0.5, 0.6) is 0 Å². The van der Waals surface area contributed by atoms with Gasteiger partial charge in [-0.3, -0.25) is 9.59 Å². The van der Waals surface area contributed by atoms with Gasteiger partial charge in [0.1, 0.15) is 5.69 Å². The number of carbonyl (C=O) groups is 1. The van der Waals surface area contributed by atoms with Gasteiger partial charge in [0.05, 0.1) is 11.6 Å². The van der Waals surface area contributed by atoms with Crippen LogP contribution in [-0.4, -0.2) is 15.7 Å². The number of nitrogens with zero attached hydrogens (tertiary/aromatic N) is 2. The van der Waals surface area contributed by atoms with Crippen LogP contribution in [0, 0.1) is 0 Å². The Hall–Kier alpha value is -2.84. The van der Waals surface area contributed by atoms with E-state index in [0.717, 1.165) is 16.8 Å². The van der Waals surface area contributed by atoms with Crippen LogP contribution in [0.15, 0.2) is 35.1 Å². The normalized spacial score (nSPS) is 12.7. The molecule has 6 nitrogen and oxygen atoms in total. The molecule has 1 aromatic carbocycles. The molecule has 0 saturated carbocycles. The maximum Gasteiger partial charge on any atom is 0.416 e. The van der Waals surface area contributed by atoms with Gasteiger partial charge in [-0.05, 0) is 36.8 Å². The lowest BCUT2D eigenvalue weighted by Crippen LogP contribution is -2.30. The number of nitrogens with two attached hydrogens (primary N) is 1. The second-order valence-corrected chi connectivity index (χ2v) is 5.26. The van der Waals surface area contributed by atoms with Gasteiger partial charge in [-0.25, -0.2) is 4.68 Å². The number of hydrogen-bond donors (Lipinski definition) is 2. The minimum absolute atomic E-state index is 0.0242. The summed E-state index contributed by atoms with van der Waals surface area (Å²) in [4.78, 5) is 23.4. The lowest BCUT2D eigenvalue weighted by atomic mass is 10.0. The third kappa shape index (κ3) is 3.92. The van der Waals surface area contributed by atoms with Gasteiger partial charge in [0, 0.05) is 18.8 Å². The van der Waals surface area contributed by atoms with E-state index in [1.165, 1.54) is 32.2 Å². The molecule has 24 heavy (non-hydrogen) atoms. The van der Waals surface area contributed by atoms with E-state index in [0.29, 0.717) is 0 Å². The number of aryl methyl sites for hydroxylation is 1. The summed E-state index contributed by atoms with van der Waals surface area (Å²) in [5.74, 6) is -0.617. The van der Waals surface area contributed by atoms with E-state index in [1.807, 2.05) is 0 Å². The fraction of sp³-hybridized carbons (Fsp3) is 0.267. The molecule has 1 atom stereocenters. The van der Waals surface area contributed by atoms with Crippen molar-refractivity contribution in [3.8, 4) is 0 Å². The van der Waals surface area contributed by atoms with Gasteiger partial charge < -0.3 is 11.1 Å². The van der Waals surface area contributed by atoms with Crippen molar-refractivity contribution in [3.05, 3.63) is 57.5 Å². The highest BCUT2D eigenvalue weighted by molar-refractivity contribution is 5.92. The first-order valence-corrected chi connectivity index (χ1v) is 6.91. The van der Waals surface area contributed by atoms with Gasteiger partial charge in [0.15, 0.2) is 0 Å². The van der Waals surface area contributed by atoms with Crippen LogP contribution < -0.4 is 16.6 Å². The molecule has 0 aliphatic rings. The summed E-state index contributed by atoms with van der Waals surface area (Å²) in [6.07, 6.45) is -4.53. The van der Waals surface area contributed by atoms with Gasteiger partial charge in [0.25, 0.3) is 11.5 Å². The van der Waals surface area contributed by atoms with Crippen LogP contribution >= 0.6 is 0 Å². The van der Waals surface area contributed by atoms with Crippen molar-refractivity contribution in [2.75, 3.05) is 5.73 Å². The third-order valence-electron chi connectivity index (χ3n) is 3.35. The number of halogens is 3. The highest BCUT2D eigenvalue weighted by Gasteiger charge is 2.31. The maximum absolute atomic E-state index is 12.8. The molecular weight excluding hydrogens is 325 g/mol. The van der Waals surface area contributed by atoms with Crippen LogP contribution in [0.25, 0.3) is 0 Å². The van der Waals surface area contributed by atoms with Crippen molar-refractivity contribution in [2.45, 2.75) is 19.1 Å². The molecular formula is C15H15F3N4O2. The number of anilines is 1. The Bertz CT molecular complexity index is 830. The Labute approximate surface area is 135 Å². The van der Waals surface area contributed by atoms with Crippen molar-refractivity contribution < 1.29 is 18.0 Å². The first kappa shape index (κ1) is 17.5. The zero-order chi connectivity index (χ0) is 18.1. The Balaban J connectivity index is 2.24. The molecule has 2 rings (SSSR count). The van der Waals surface area contributed by atoms with E-state index >= 15 is 0 Å². The Morgan fingerprint density at radius 2 is 1.96 bits per heavy atom. The molecule has 0 unspecified atom stereocenters. The predicted molar refractivity (Wildman–Crippen MR) is 81.2 cm³/mol. The Morgan fingerprint density at radius 3 is 2.54 bits per heavy atom. The number of amides is 1. The molecule has 0 aliphatic heterocycles. The maximum atomic E-state index is 12.8. The van der Waals surface area contributed by atoms with Crippen LogP contribution in [0.1, 0.15) is 34.6 Å². The highest BCUT2D eigenvalue weighted by atomic mass is 19.4. The summed E-state index contributed by atoms with van der Waals surface area (Å²) in [5, 5.41) is 6.31. The standard InChI is InChI=1S/C15H15F3N4O2/c1-8(9-5-10(15(16,17)18)7-11(19)6-9)20-14(24)12-3-4-13(23)22(2)21-12/h3-8H,19H2,1-2H3,(H,20,24)/t8-/m1/s1. The number of nitrogen functional groups attached to an aromatic ring is 1. The zero-order valence-electron chi connectivity index (χ0n) is 12.9. The number of benzene rings is 1. The summed E-state index contributed by atoms with van der Waals surface area (Å²) in [7, 11) is 1.38. The van der Waals surface area contributed by atoms with Crippen molar-refractivity contribution in [1.29, 1.82) is 0 Å². The lowest BCUT2D eigenvalue weighted by molar-refractivity contribution is -0.137. The smallest absolute Gasteiger partial charge is 0.399 e. The molecule has 1 aromatic heterocycles. The number of rotatable bonds is 3. The van der Waals surface area contributed by atoms with Gasteiger partial charge >= 0.3 is 6.18 Å². The molecule has 128 valence electrons. The minimum Gasteiger partial charge on any atom is -0.399 e. The topological polar surface area (TPSA) is 90.0 Å². The molecule has 0 saturated heterocycles. The average molecular weight is 340 g/mol. The van der Waals surface area contributed by atoms with Crippen LogP contribution in [0.4, 0.5) is 18.9 Å². The first-order valence-electron chi connectivity index (χ1n) is 6.91. The third-order valence-corrected chi connectivity index (χ3v) is 3.35. The van der Waals surface area contributed by atoms with Crippen molar-refractivity contribution in [1.82, 2.24) is 15.1 Å². The second-order valence-electron chi connectivity index (χ2n) is 5.26. The van der Waals surface area contributed by atoms with Gasteiger partial charge in [-0.1, -0.05) is 0 Å². The number of aromatic nitrogens is 2. The van der Waals surface area contributed by atoms with Crippen molar-refractivity contribution in [3.63, 3.8) is 0 Å². The fourth-order valence-corrected chi connectivity index (χ4v) is 2.07. The summed E-state index contributed by atoms with van der Waals surface area (Å²) in [6.45, 7) is 1.52. The fourth-order valence-electron chi connectivity index (χ4n) is 2.07. The van der Waals surface area contributed by atoms with E-state index in [4.69, 9.17) is 5.73 Å². The molecule has 3 N–H and O–H groups in total. The number of nitrogens with one attached hydrogen (secondary N) is 1. The number of alkyl halides is 3. The first-order chi connectivity index (χ1) is 11.1. The Morgan fingerprint density at radius 1 is 1.29 bits per heavy atom. The van der Waals surface area contributed by atoms with Crippen LogP contribution in [0.2, 0.25) is 0 Å². The Kier molecular flexibility index (Phi) is 4.63.